The average Bonchev–Trinajstić information content (AvgIpc) is 2.77. The number of amides is 1. The summed E-state index contributed by atoms with van der Waals surface area (Å²) >= 11 is 0. The van der Waals surface area contributed by atoms with E-state index in [9.17, 15) is 19.7 Å². The molecule has 0 spiro atoms. The standard InChI is InChI=1S/C27H28N2O5/c1-5-12-34-19-9-7-18(8-10-19)20-14-25(31)28(21-11-6-17(2)13-22(21)29(32)33)23-15-27(3,4)16-24(30)26(20)23/h5-11,13,20H,1,12,14-16H2,2-4H3. The van der Waals surface area contributed by atoms with Gasteiger partial charge in [-0.15, -0.1) is 0 Å². The van der Waals surface area contributed by atoms with Crippen LogP contribution < -0.4 is 9.64 Å². The summed E-state index contributed by atoms with van der Waals surface area (Å²) in [5, 5.41) is 11.8. The Bertz CT molecular complexity index is 1210. The summed E-state index contributed by atoms with van der Waals surface area (Å²) < 4.78 is 5.56. The highest BCUT2D eigenvalue weighted by atomic mass is 16.6. The van der Waals surface area contributed by atoms with Gasteiger partial charge in [0.25, 0.3) is 5.69 Å². The predicted molar refractivity (Wildman–Crippen MR) is 130 cm³/mol. The van der Waals surface area contributed by atoms with Crippen LogP contribution in [0.1, 0.15) is 50.2 Å². The molecule has 0 bridgehead atoms. The van der Waals surface area contributed by atoms with Gasteiger partial charge in [-0.3, -0.25) is 24.6 Å². The zero-order chi connectivity index (χ0) is 24.6. The molecule has 0 fully saturated rings. The number of nitro benzene ring substituents is 1. The van der Waals surface area contributed by atoms with E-state index in [2.05, 4.69) is 6.58 Å². The molecule has 176 valence electrons. The number of Topliss-reactive ketones (excluding diaryl/α,β-unsaturated/α-hetero) is 1. The molecule has 1 heterocycles. The van der Waals surface area contributed by atoms with E-state index in [0.717, 1.165) is 11.1 Å². The monoisotopic (exact) mass is 460 g/mol. The van der Waals surface area contributed by atoms with Crippen LogP contribution in [0.25, 0.3) is 0 Å². The van der Waals surface area contributed by atoms with Crippen molar-refractivity contribution in [3.8, 4) is 5.75 Å². The Morgan fingerprint density at radius 3 is 2.53 bits per heavy atom. The third kappa shape index (κ3) is 4.38. The Morgan fingerprint density at radius 2 is 1.88 bits per heavy atom. The van der Waals surface area contributed by atoms with Crippen LogP contribution in [-0.2, 0) is 9.59 Å². The molecule has 0 aromatic heterocycles. The highest BCUT2D eigenvalue weighted by molar-refractivity contribution is 6.08. The molecule has 0 radical (unpaired) electrons. The average molecular weight is 461 g/mol. The minimum atomic E-state index is -0.473. The molecule has 2 aliphatic rings. The topological polar surface area (TPSA) is 89.8 Å². The largest absolute Gasteiger partial charge is 0.490 e. The molecule has 0 saturated carbocycles. The van der Waals surface area contributed by atoms with E-state index < -0.39 is 10.8 Å². The van der Waals surface area contributed by atoms with Gasteiger partial charge in [-0.25, -0.2) is 0 Å². The molecule has 0 saturated heterocycles. The molecule has 1 unspecified atom stereocenters. The fraction of sp³-hybridized carbons (Fsp3) is 0.333. The maximum absolute atomic E-state index is 13.5. The lowest BCUT2D eigenvalue weighted by Gasteiger charge is -2.42. The molecule has 34 heavy (non-hydrogen) atoms. The number of carbonyl (C=O) groups excluding carboxylic acids is 2. The van der Waals surface area contributed by atoms with Crippen LogP contribution in [-0.4, -0.2) is 23.2 Å². The first-order valence-electron chi connectivity index (χ1n) is 11.3. The first-order valence-corrected chi connectivity index (χ1v) is 11.3. The second kappa shape index (κ2) is 8.89. The smallest absolute Gasteiger partial charge is 0.293 e. The van der Waals surface area contributed by atoms with Gasteiger partial charge in [-0.05, 0) is 48.1 Å². The SMILES string of the molecule is C=CCOc1ccc(C2CC(=O)N(c3ccc(C)cc3[N+](=O)[O-])C3=C2C(=O)CC(C)(C)C3)cc1. The molecule has 1 amide bonds. The minimum absolute atomic E-state index is 0.0181. The lowest BCUT2D eigenvalue weighted by Crippen LogP contribution is -2.44. The van der Waals surface area contributed by atoms with E-state index in [4.69, 9.17) is 4.74 Å². The van der Waals surface area contributed by atoms with Crippen molar-refractivity contribution in [2.45, 2.75) is 46.0 Å². The van der Waals surface area contributed by atoms with Gasteiger partial charge in [-0.2, -0.15) is 0 Å². The second-order valence-corrected chi connectivity index (χ2v) is 9.71. The summed E-state index contributed by atoms with van der Waals surface area (Å²) in [7, 11) is 0. The number of aryl methyl sites for hydroxylation is 1. The summed E-state index contributed by atoms with van der Waals surface area (Å²) in [5.74, 6) is -0.00278. The van der Waals surface area contributed by atoms with Crippen molar-refractivity contribution >= 4 is 23.1 Å². The van der Waals surface area contributed by atoms with Crippen LogP contribution in [0.2, 0.25) is 0 Å². The van der Waals surface area contributed by atoms with Gasteiger partial charge in [0.1, 0.15) is 18.0 Å². The minimum Gasteiger partial charge on any atom is -0.490 e. The van der Waals surface area contributed by atoms with Crippen LogP contribution in [0.3, 0.4) is 0 Å². The van der Waals surface area contributed by atoms with Gasteiger partial charge in [-0.1, -0.05) is 44.7 Å². The number of nitro groups is 1. The third-order valence-electron chi connectivity index (χ3n) is 6.36. The van der Waals surface area contributed by atoms with Crippen molar-refractivity contribution in [2.75, 3.05) is 11.5 Å². The predicted octanol–water partition coefficient (Wildman–Crippen LogP) is 5.63. The van der Waals surface area contributed by atoms with Crippen molar-refractivity contribution in [1.82, 2.24) is 0 Å². The molecule has 4 rings (SSSR count). The van der Waals surface area contributed by atoms with Crippen LogP contribution in [0, 0.1) is 22.5 Å². The first kappa shape index (κ1) is 23.4. The van der Waals surface area contributed by atoms with Gasteiger partial charge in [0.05, 0.1) is 4.92 Å². The van der Waals surface area contributed by atoms with Crippen molar-refractivity contribution in [3.05, 3.63) is 87.6 Å². The summed E-state index contributed by atoms with van der Waals surface area (Å²) in [6.45, 7) is 9.76. The van der Waals surface area contributed by atoms with Crippen molar-refractivity contribution < 1.29 is 19.2 Å². The summed E-state index contributed by atoms with van der Waals surface area (Å²) in [6.07, 6.45) is 2.55. The van der Waals surface area contributed by atoms with Crippen LogP contribution in [0.5, 0.6) is 5.75 Å². The van der Waals surface area contributed by atoms with Gasteiger partial charge in [0, 0.05) is 36.1 Å². The number of carbonyl (C=O) groups is 2. The van der Waals surface area contributed by atoms with Gasteiger partial charge in [0.2, 0.25) is 5.91 Å². The molecule has 1 atom stereocenters. The summed E-state index contributed by atoms with van der Waals surface area (Å²) in [5.41, 5.74) is 2.43. The van der Waals surface area contributed by atoms with Crippen molar-refractivity contribution in [2.24, 2.45) is 5.41 Å². The van der Waals surface area contributed by atoms with Crippen LogP contribution in [0.4, 0.5) is 11.4 Å². The van der Waals surface area contributed by atoms with Gasteiger partial charge >= 0.3 is 0 Å². The quantitative estimate of drug-likeness (QED) is 0.316. The molecule has 0 N–H and O–H groups in total. The molecular weight excluding hydrogens is 432 g/mol. The number of ketones is 1. The number of rotatable bonds is 6. The molecule has 2 aromatic carbocycles. The molecule has 7 heteroatoms. The Labute approximate surface area is 198 Å². The van der Waals surface area contributed by atoms with Crippen LogP contribution >= 0.6 is 0 Å². The van der Waals surface area contributed by atoms with Crippen molar-refractivity contribution in [1.29, 1.82) is 0 Å². The Balaban J connectivity index is 1.85. The summed E-state index contributed by atoms with van der Waals surface area (Å²) in [4.78, 5) is 39.8. The Kier molecular flexibility index (Phi) is 6.13. The van der Waals surface area contributed by atoms with E-state index in [-0.39, 0.29) is 34.9 Å². The number of benzene rings is 2. The maximum atomic E-state index is 13.5. The van der Waals surface area contributed by atoms with E-state index in [1.165, 1.54) is 11.0 Å². The fourth-order valence-electron chi connectivity index (χ4n) is 4.90. The lowest BCUT2D eigenvalue weighted by atomic mass is 9.69. The zero-order valence-electron chi connectivity index (χ0n) is 19.7. The molecular formula is C27H28N2O5. The van der Waals surface area contributed by atoms with E-state index in [1.54, 1.807) is 25.1 Å². The van der Waals surface area contributed by atoms with Gasteiger partial charge in [0.15, 0.2) is 5.78 Å². The molecule has 1 aliphatic carbocycles. The number of allylic oxidation sites excluding steroid dienone is 2. The van der Waals surface area contributed by atoms with E-state index >= 15 is 0 Å². The van der Waals surface area contributed by atoms with Gasteiger partial charge < -0.3 is 4.74 Å². The highest BCUT2D eigenvalue weighted by Crippen LogP contribution is 2.49. The van der Waals surface area contributed by atoms with E-state index in [1.807, 2.05) is 38.1 Å². The number of ether oxygens (including phenoxy) is 1. The Hall–Kier alpha value is -3.74. The van der Waals surface area contributed by atoms with E-state index in [0.29, 0.717) is 36.5 Å². The number of hydrogen-bond acceptors (Lipinski definition) is 5. The zero-order valence-corrected chi connectivity index (χ0v) is 19.7. The lowest BCUT2D eigenvalue weighted by molar-refractivity contribution is -0.384. The summed E-state index contributed by atoms with van der Waals surface area (Å²) in [6, 6.07) is 12.2. The Morgan fingerprint density at radius 1 is 1.18 bits per heavy atom. The first-order chi connectivity index (χ1) is 16.1. The molecule has 1 aliphatic heterocycles. The maximum Gasteiger partial charge on any atom is 0.293 e. The highest BCUT2D eigenvalue weighted by Gasteiger charge is 2.45. The molecule has 7 nitrogen and oxygen atoms in total. The van der Waals surface area contributed by atoms with Crippen molar-refractivity contribution in [3.63, 3.8) is 0 Å². The number of anilines is 1. The normalized spacial score (nSPS) is 19.6. The second-order valence-electron chi connectivity index (χ2n) is 9.71. The number of hydrogen-bond donors (Lipinski definition) is 0. The third-order valence-corrected chi connectivity index (χ3v) is 6.36. The fourth-order valence-corrected chi connectivity index (χ4v) is 4.90. The molecule has 2 aromatic rings. The van der Waals surface area contributed by atoms with Crippen LogP contribution in [0.15, 0.2) is 66.4 Å². The number of nitrogens with zero attached hydrogens (tertiary/aromatic N) is 2.